The number of fused-ring (bicyclic) bond motifs is 1. The largest absolute Gasteiger partial charge is 0.353 e. The SMILES string of the molecule is CC(Cc1nc2ccccc2s1)NC(=O)CCc1ccccc1F. The van der Waals surface area contributed by atoms with E-state index in [1.54, 1.807) is 29.5 Å². The van der Waals surface area contributed by atoms with Crippen molar-refractivity contribution >= 4 is 27.5 Å². The predicted molar refractivity (Wildman–Crippen MR) is 95.6 cm³/mol. The van der Waals surface area contributed by atoms with Crippen LogP contribution >= 0.6 is 11.3 Å². The zero-order chi connectivity index (χ0) is 16.9. The topological polar surface area (TPSA) is 42.0 Å². The highest BCUT2D eigenvalue weighted by atomic mass is 32.1. The van der Waals surface area contributed by atoms with Gasteiger partial charge >= 0.3 is 0 Å². The number of hydrogen-bond acceptors (Lipinski definition) is 3. The fourth-order valence-electron chi connectivity index (χ4n) is 2.62. The maximum atomic E-state index is 13.6. The Balaban J connectivity index is 1.51. The summed E-state index contributed by atoms with van der Waals surface area (Å²) >= 11 is 1.65. The Kier molecular flexibility index (Phi) is 5.20. The molecule has 0 saturated heterocycles. The van der Waals surface area contributed by atoms with Crippen LogP contribution < -0.4 is 5.32 Å². The number of hydrogen-bond donors (Lipinski definition) is 1. The van der Waals surface area contributed by atoms with Gasteiger partial charge in [0.1, 0.15) is 5.82 Å². The lowest BCUT2D eigenvalue weighted by molar-refractivity contribution is -0.121. The van der Waals surface area contributed by atoms with Crippen LogP contribution in [-0.2, 0) is 17.6 Å². The van der Waals surface area contributed by atoms with E-state index < -0.39 is 0 Å². The number of para-hydroxylation sites is 1. The van der Waals surface area contributed by atoms with E-state index in [4.69, 9.17) is 0 Å². The van der Waals surface area contributed by atoms with Crippen molar-refractivity contribution in [1.29, 1.82) is 0 Å². The summed E-state index contributed by atoms with van der Waals surface area (Å²) in [7, 11) is 0. The van der Waals surface area contributed by atoms with E-state index in [0.717, 1.165) is 15.2 Å². The van der Waals surface area contributed by atoms with Gasteiger partial charge in [-0.2, -0.15) is 0 Å². The van der Waals surface area contributed by atoms with Crippen LogP contribution in [0.5, 0.6) is 0 Å². The van der Waals surface area contributed by atoms with Crippen molar-refractivity contribution in [1.82, 2.24) is 10.3 Å². The molecule has 1 amide bonds. The number of amides is 1. The molecule has 0 aliphatic carbocycles. The molecular formula is C19H19FN2OS. The van der Waals surface area contributed by atoms with E-state index in [1.165, 1.54) is 6.07 Å². The van der Waals surface area contributed by atoms with Gasteiger partial charge in [-0.1, -0.05) is 30.3 Å². The molecule has 1 unspecified atom stereocenters. The first-order valence-corrected chi connectivity index (χ1v) is 8.80. The monoisotopic (exact) mass is 342 g/mol. The van der Waals surface area contributed by atoms with Crippen LogP contribution in [0.1, 0.15) is 23.9 Å². The van der Waals surface area contributed by atoms with Gasteiger partial charge in [-0.25, -0.2) is 9.37 Å². The minimum atomic E-state index is -0.257. The van der Waals surface area contributed by atoms with E-state index in [2.05, 4.69) is 10.3 Å². The minimum Gasteiger partial charge on any atom is -0.353 e. The van der Waals surface area contributed by atoms with Gasteiger partial charge < -0.3 is 5.32 Å². The summed E-state index contributed by atoms with van der Waals surface area (Å²) in [6.45, 7) is 1.97. The molecule has 124 valence electrons. The number of nitrogens with one attached hydrogen (secondary N) is 1. The summed E-state index contributed by atoms with van der Waals surface area (Å²) in [5.41, 5.74) is 1.57. The number of benzene rings is 2. The van der Waals surface area contributed by atoms with Crippen molar-refractivity contribution in [3.05, 3.63) is 64.9 Å². The van der Waals surface area contributed by atoms with E-state index in [9.17, 15) is 9.18 Å². The summed E-state index contributed by atoms with van der Waals surface area (Å²) < 4.78 is 14.7. The summed E-state index contributed by atoms with van der Waals surface area (Å²) in [6.07, 6.45) is 1.39. The fraction of sp³-hybridized carbons (Fsp3) is 0.263. The van der Waals surface area contributed by atoms with E-state index in [-0.39, 0.29) is 24.2 Å². The highest BCUT2D eigenvalue weighted by Gasteiger charge is 2.12. The third-order valence-electron chi connectivity index (χ3n) is 3.81. The van der Waals surface area contributed by atoms with Gasteiger partial charge in [0.2, 0.25) is 5.91 Å². The Labute approximate surface area is 144 Å². The number of carbonyl (C=O) groups excluding carboxylic acids is 1. The third-order valence-corrected chi connectivity index (χ3v) is 4.86. The molecule has 2 aromatic carbocycles. The van der Waals surface area contributed by atoms with E-state index in [1.807, 2.05) is 31.2 Å². The molecule has 0 saturated carbocycles. The molecule has 0 spiro atoms. The number of halogens is 1. The lowest BCUT2D eigenvalue weighted by Crippen LogP contribution is -2.34. The number of nitrogens with zero attached hydrogens (tertiary/aromatic N) is 1. The molecule has 1 aromatic heterocycles. The Hall–Kier alpha value is -2.27. The van der Waals surface area contributed by atoms with E-state index >= 15 is 0 Å². The molecule has 0 bridgehead atoms. The molecule has 0 aliphatic rings. The van der Waals surface area contributed by atoms with Gasteiger partial charge in [0.05, 0.1) is 15.2 Å². The zero-order valence-electron chi connectivity index (χ0n) is 13.5. The fourth-order valence-corrected chi connectivity index (χ4v) is 3.71. The van der Waals surface area contributed by atoms with Crippen LogP contribution in [0.15, 0.2) is 48.5 Å². The van der Waals surface area contributed by atoms with Crippen LogP contribution in [0.25, 0.3) is 10.2 Å². The summed E-state index contributed by atoms with van der Waals surface area (Å²) in [5.74, 6) is -0.320. The van der Waals surface area contributed by atoms with Crippen LogP contribution in [0.4, 0.5) is 4.39 Å². The molecule has 1 atom stereocenters. The second kappa shape index (κ2) is 7.53. The van der Waals surface area contributed by atoms with Crippen molar-refractivity contribution in [2.24, 2.45) is 0 Å². The van der Waals surface area contributed by atoms with Gasteiger partial charge in [0, 0.05) is 18.9 Å². The number of aromatic nitrogens is 1. The van der Waals surface area contributed by atoms with Crippen LogP contribution in [0.3, 0.4) is 0 Å². The van der Waals surface area contributed by atoms with Crippen molar-refractivity contribution < 1.29 is 9.18 Å². The molecule has 3 nitrogen and oxygen atoms in total. The van der Waals surface area contributed by atoms with E-state index in [0.29, 0.717) is 18.4 Å². The molecule has 0 aliphatic heterocycles. The lowest BCUT2D eigenvalue weighted by Gasteiger charge is -2.12. The molecule has 24 heavy (non-hydrogen) atoms. The molecular weight excluding hydrogens is 323 g/mol. The van der Waals surface area contributed by atoms with Gasteiger partial charge in [-0.3, -0.25) is 4.79 Å². The average Bonchev–Trinajstić information content (AvgIpc) is 2.96. The summed E-state index contributed by atoms with van der Waals surface area (Å²) in [5, 5.41) is 3.98. The lowest BCUT2D eigenvalue weighted by atomic mass is 10.1. The van der Waals surface area contributed by atoms with Crippen molar-refractivity contribution in [3.8, 4) is 0 Å². The first-order valence-electron chi connectivity index (χ1n) is 7.99. The average molecular weight is 342 g/mol. The second-order valence-electron chi connectivity index (χ2n) is 5.84. The molecule has 1 heterocycles. The van der Waals surface area contributed by atoms with Gasteiger partial charge in [-0.15, -0.1) is 11.3 Å². The first kappa shape index (κ1) is 16.6. The number of carbonyl (C=O) groups is 1. The number of thiazole rings is 1. The molecule has 0 fully saturated rings. The minimum absolute atomic E-state index is 0.00122. The third kappa shape index (κ3) is 4.17. The first-order chi connectivity index (χ1) is 11.6. The zero-order valence-corrected chi connectivity index (χ0v) is 14.3. The van der Waals surface area contributed by atoms with Gasteiger partial charge in [0.15, 0.2) is 0 Å². The van der Waals surface area contributed by atoms with Crippen LogP contribution in [0, 0.1) is 5.82 Å². The normalized spacial score (nSPS) is 12.2. The van der Waals surface area contributed by atoms with Crippen LogP contribution in [-0.4, -0.2) is 16.9 Å². The Morgan fingerprint density at radius 2 is 1.96 bits per heavy atom. The Morgan fingerprint density at radius 1 is 1.21 bits per heavy atom. The molecule has 0 radical (unpaired) electrons. The van der Waals surface area contributed by atoms with Gasteiger partial charge in [0.25, 0.3) is 0 Å². The standard InChI is InChI=1S/C19H19FN2OS/c1-13(12-19-22-16-8-4-5-9-17(16)24-19)21-18(23)11-10-14-6-2-3-7-15(14)20/h2-9,13H,10-12H2,1H3,(H,21,23). The molecule has 3 aromatic rings. The summed E-state index contributed by atoms with van der Waals surface area (Å²) in [4.78, 5) is 16.6. The predicted octanol–water partition coefficient (Wildman–Crippen LogP) is 4.12. The van der Waals surface area contributed by atoms with Crippen molar-refractivity contribution in [3.63, 3.8) is 0 Å². The Bertz CT molecular complexity index is 813. The molecule has 5 heteroatoms. The smallest absolute Gasteiger partial charge is 0.220 e. The number of aryl methyl sites for hydroxylation is 1. The summed E-state index contributed by atoms with van der Waals surface area (Å²) in [6, 6.07) is 14.6. The maximum absolute atomic E-state index is 13.6. The van der Waals surface area contributed by atoms with Crippen LogP contribution in [0.2, 0.25) is 0 Å². The quantitative estimate of drug-likeness (QED) is 0.732. The van der Waals surface area contributed by atoms with Gasteiger partial charge in [-0.05, 0) is 37.1 Å². The molecule has 1 N–H and O–H groups in total. The highest BCUT2D eigenvalue weighted by Crippen LogP contribution is 2.22. The number of rotatable bonds is 6. The van der Waals surface area contributed by atoms with Crippen molar-refractivity contribution in [2.75, 3.05) is 0 Å². The Morgan fingerprint density at radius 3 is 2.75 bits per heavy atom. The van der Waals surface area contributed by atoms with Crippen molar-refractivity contribution in [2.45, 2.75) is 32.2 Å². The second-order valence-corrected chi connectivity index (χ2v) is 6.95. The maximum Gasteiger partial charge on any atom is 0.220 e. The molecule has 3 rings (SSSR count). The highest BCUT2D eigenvalue weighted by molar-refractivity contribution is 7.18.